The van der Waals surface area contributed by atoms with Crippen molar-refractivity contribution in [2.75, 3.05) is 26.4 Å². The van der Waals surface area contributed by atoms with Gasteiger partial charge in [0, 0.05) is 31.2 Å². The van der Waals surface area contributed by atoms with Gasteiger partial charge in [0.1, 0.15) is 0 Å². The van der Waals surface area contributed by atoms with Gasteiger partial charge in [-0.25, -0.2) is 0 Å². The van der Waals surface area contributed by atoms with Gasteiger partial charge in [0.05, 0.1) is 12.2 Å². The Balaban J connectivity index is 2.03. The molecule has 1 saturated heterocycles. The molecule has 1 aliphatic heterocycles. The third-order valence-electron chi connectivity index (χ3n) is 4.46. The number of hydrogen-bond acceptors (Lipinski definition) is 3. The average Bonchev–Trinajstić information content (AvgIpc) is 3.02. The Morgan fingerprint density at radius 3 is 2.80 bits per heavy atom. The summed E-state index contributed by atoms with van der Waals surface area (Å²) in [7, 11) is 0. The Kier molecular flexibility index (Phi) is 6.24. The monoisotopic (exact) mass is 357 g/mol. The highest BCUT2D eigenvalue weighted by Gasteiger charge is 2.34. The molecule has 4 nitrogen and oxygen atoms in total. The van der Waals surface area contributed by atoms with Crippen LogP contribution in [-0.4, -0.2) is 37.4 Å². The van der Waals surface area contributed by atoms with Crippen molar-refractivity contribution in [3.05, 3.63) is 41.5 Å². The summed E-state index contributed by atoms with van der Waals surface area (Å²) in [5.74, 6) is -0.376. The first-order valence-electron chi connectivity index (χ1n) is 8.08. The van der Waals surface area contributed by atoms with Crippen molar-refractivity contribution >= 4 is 11.5 Å². The van der Waals surface area contributed by atoms with Crippen LogP contribution in [0.4, 0.5) is 13.2 Å². The fourth-order valence-corrected chi connectivity index (χ4v) is 2.86. The van der Waals surface area contributed by atoms with Crippen LogP contribution >= 0.6 is 0 Å². The molecule has 1 amide bonds. The molecule has 1 fully saturated rings. The van der Waals surface area contributed by atoms with E-state index in [2.05, 4.69) is 5.32 Å². The molecule has 7 heteroatoms. The van der Waals surface area contributed by atoms with Crippen molar-refractivity contribution in [3.63, 3.8) is 0 Å². The Hall–Kier alpha value is -1.86. The molecule has 138 valence electrons. The zero-order valence-electron chi connectivity index (χ0n) is 14.0. The number of rotatable bonds is 6. The van der Waals surface area contributed by atoms with Gasteiger partial charge in [0.2, 0.25) is 5.91 Å². The lowest BCUT2D eigenvalue weighted by Gasteiger charge is -2.26. The minimum absolute atomic E-state index is 0.0122. The second-order valence-electron chi connectivity index (χ2n) is 6.40. The third kappa shape index (κ3) is 5.31. The zero-order valence-corrected chi connectivity index (χ0v) is 14.0. The van der Waals surface area contributed by atoms with E-state index >= 15 is 0 Å². The molecule has 1 unspecified atom stereocenters. The van der Waals surface area contributed by atoms with Crippen molar-refractivity contribution in [1.82, 2.24) is 5.32 Å². The summed E-state index contributed by atoms with van der Waals surface area (Å²) >= 11 is 0. The molecule has 0 aromatic heterocycles. The van der Waals surface area contributed by atoms with Crippen molar-refractivity contribution in [3.8, 4) is 0 Å². The van der Waals surface area contributed by atoms with Crippen LogP contribution in [0.15, 0.2) is 30.3 Å². The van der Waals surface area contributed by atoms with Crippen LogP contribution in [0, 0.1) is 5.41 Å². The molecule has 0 bridgehead atoms. The molecule has 25 heavy (non-hydrogen) atoms. The predicted molar refractivity (Wildman–Crippen MR) is 87.7 cm³/mol. The second-order valence-corrected chi connectivity index (χ2v) is 6.40. The standard InChI is InChI=1S/C18H22F3NO3/c1-13(14-3-2-4-15(10-14)18(19,20)21)9-16(24)22-11-17(5-7-23)6-8-25-12-17/h2-4,9-10,23H,5-8,11-12H2,1H3,(H,22,24). The van der Waals surface area contributed by atoms with Gasteiger partial charge in [0.25, 0.3) is 0 Å². The van der Waals surface area contributed by atoms with E-state index in [0.29, 0.717) is 37.3 Å². The average molecular weight is 357 g/mol. The second kappa shape index (κ2) is 8.01. The number of halogens is 3. The quantitative estimate of drug-likeness (QED) is 0.770. The van der Waals surface area contributed by atoms with E-state index in [1.165, 1.54) is 18.2 Å². The molecule has 0 spiro atoms. The summed E-state index contributed by atoms with van der Waals surface area (Å²) in [6, 6.07) is 4.87. The smallest absolute Gasteiger partial charge is 0.396 e. The predicted octanol–water partition coefficient (Wildman–Crippen LogP) is 3.01. The van der Waals surface area contributed by atoms with Gasteiger partial charge in [-0.05, 0) is 43.0 Å². The van der Waals surface area contributed by atoms with Gasteiger partial charge in [-0.15, -0.1) is 0 Å². The molecular weight excluding hydrogens is 335 g/mol. The van der Waals surface area contributed by atoms with E-state index in [1.807, 2.05) is 0 Å². The molecule has 1 aliphatic rings. The highest BCUT2D eigenvalue weighted by Crippen LogP contribution is 2.32. The maximum Gasteiger partial charge on any atom is 0.416 e. The van der Waals surface area contributed by atoms with Crippen LogP contribution in [0.25, 0.3) is 5.57 Å². The Morgan fingerprint density at radius 1 is 1.44 bits per heavy atom. The molecular formula is C18H22F3NO3. The molecule has 0 aliphatic carbocycles. The summed E-state index contributed by atoms with van der Waals surface area (Å²) in [6.07, 6.45) is -1.84. The number of carbonyl (C=O) groups is 1. The molecule has 1 aromatic rings. The van der Waals surface area contributed by atoms with E-state index in [4.69, 9.17) is 4.74 Å². The Morgan fingerprint density at radius 2 is 2.20 bits per heavy atom. The summed E-state index contributed by atoms with van der Waals surface area (Å²) in [6.45, 7) is 3.04. The minimum atomic E-state index is -4.42. The molecule has 0 saturated carbocycles. The number of aliphatic hydroxyl groups is 1. The number of carbonyl (C=O) groups excluding carboxylic acids is 1. The van der Waals surface area contributed by atoms with Crippen LogP contribution < -0.4 is 5.32 Å². The molecule has 2 N–H and O–H groups in total. The van der Waals surface area contributed by atoms with E-state index in [1.54, 1.807) is 6.92 Å². The minimum Gasteiger partial charge on any atom is -0.396 e. The van der Waals surface area contributed by atoms with E-state index in [-0.39, 0.29) is 17.9 Å². The maximum absolute atomic E-state index is 12.8. The Bertz CT molecular complexity index is 635. The lowest BCUT2D eigenvalue weighted by molar-refractivity contribution is -0.137. The molecule has 0 radical (unpaired) electrons. The van der Waals surface area contributed by atoms with Crippen molar-refractivity contribution in [2.24, 2.45) is 5.41 Å². The lowest BCUT2D eigenvalue weighted by atomic mass is 9.84. The van der Waals surface area contributed by atoms with Gasteiger partial charge in [0.15, 0.2) is 0 Å². The molecule has 2 rings (SSSR count). The van der Waals surface area contributed by atoms with Crippen LogP contribution in [0.1, 0.15) is 30.9 Å². The van der Waals surface area contributed by atoms with E-state index < -0.39 is 11.7 Å². The zero-order chi connectivity index (χ0) is 18.5. The number of nitrogens with one attached hydrogen (secondary N) is 1. The van der Waals surface area contributed by atoms with Gasteiger partial charge >= 0.3 is 6.18 Å². The normalized spacial score (nSPS) is 21.4. The Labute approximate surface area is 144 Å². The highest BCUT2D eigenvalue weighted by atomic mass is 19.4. The molecule has 1 atom stereocenters. The fourth-order valence-electron chi connectivity index (χ4n) is 2.86. The fraction of sp³-hybridized carbons (Fsp3) is 0.500. The van der Waals surface area contributed by atoms with Gasteiger partial charge in [-0.2, -0.15) is 13.2 Å². The number of hydrogen-bond donors (Lipinski definition) is 2. The van der Waals surface area contributed by atoms with Crippen LogP contribution in [0.5, 0.6) is 0 Å². The number of alkyl halides is 3. The maximum atomic E-state index is 12.8. The number of ether oxygens (including phenoxy) is 1. The third-order valence-corrected chi connectivity index (χ3v) is 4.46. The lowest BCUT2D eigenvalue weighted by Crippen LogP contribution is -2.38. The molecule has 1 heterocycles. The summed E-state index contributed by atoms with van der Waals surface area (Å²) in [4.78, 5) is 12.1. The van der Waals surface area contributed by atoms with E-state index in [9.17, 15) is 23.1 Å². The SMILES string of the molecule is CC(=CC(=O)NCC1(CCO)CCOC1)c1cccc(C(F)(F)F)c1. The van der Waals surface area contributed by atoms with Crippen molar-refractivity contribution < 1.29 is 27.8 Å². The summed E-state index contributed by atoms with van der Waals surface area (Å²) in [5.41, 5.74) is -0.229. The van der Waals surface area contributed by atoms with Gasteiger partial charge < -0.3 is 15.2 Å². The number of amides is 1. The largest absolute Gasteiger partial charge is 0.416 e. The first-order chi connectivity index (χ1) is 11.8. The summed E-state index contributed by atoms with van der Waals surface area (Å²) < 4.78 is 43.7. The van der Waals surface area contributed by atoms with Crippen LogP contribution in [0.3, 0.4) is 0 Å². The van der Waals surface area contributed by atoms with E-state index in [0.717, 1.165) is 18.6 Å². The van der Waals surface area contributed by atoms with Crippen molar-refractivity contribution in [1.29, 1.82) is 0 Å². The van der Waals surface area contributed by atoms with Crippen LogP contribution in [0.2, 0.25) is 0 Å². The first kappa shape index (κ1) is 19.5. The summed E-state index contributed by atoms with van der Waals surface area (Å²) in [5, 5.41) is 11.9. The number of aliphatic hydroxyl groups excluding tert-OH is 1. The van der Waals surface area contributed by atoms with Crippen molar-refractivity contribution in [2.45, 2.75) is 25.9 Å². The van der Waals surface area contributed by atoms with Gasteiger partial charge in [-0.1, -0.05) is 12.1 Å². The number of benzene rings is 1. The highest BCUT2D eigenvalue weighted by molar-refractivity contribution is 5.94. The first-order valence-corrected chi connectivity index (χ1v) is 8.08. The van der Waals surface area contributed by atoms with Gasteiger partial charge in [-0.3, -0.25) is 4.79 Å². The van der Waals surface area contributed by atoms with Crippen LogP contribution in [-0.2, 0) is 15.7 Å². The number of allylic oxidation sites excluding steroid dienone is 1. The topological polar surface area (TPSA) is 58.6 Å². The molecule has 1 aromatic carbocycles.